The zero-order valence-electron chi connectivity index (χ0n) is 16.8. The minimum absolute atomic E-state index is 0.295. The zero-order valence-corrected chi connectivity index (χ0v) is 16.8. The van der Waals surface area contributed by atoms with Crippen LogP contribution in [0.2, 0.25) is 0 Å². The molecule has 0 N–H and O–H groups in total. The van der Waals surface area contributed by atoms with E-state index in [-0.39, 0.29) is 0 Å². The van der Waals surface area contributed by atoms with Crippen LogP contribution in [-0.4, -0.2) is 58.4 Å². The molecule has 1 aliphatic heterocycles. The fourth-order valence-corrected chi connectivity index (χ4v) is 3.67. The van der Waals surface area contributed by atoms with Gasteiger partial charge in [0.2, 0.25) is 11.8 Å². The van der Waals surface area contributed by atoms with Crippen LogP contribution in [0.25, 0.3) is 11.3 Å². The summed E-state index contributed by atoms with van der Waals surface area (Å²) in [5.41, 5.74) is 0.988. The Bertz CT molecular complexity index is 1010. The Labute approximate surface area is 173 Å². The Balaban J connectivity index is 1.25. The van der Waals surface area contributed by atoms with Gasteiger partial charge < -0.3 is 14.1 Å². The number of anilines is 1. The van der Waals surface area contributed by atoms with E-state index in [1.165, 1.54) is 6.33 Å². The summed E-state index contributed by atoms with van der Waals surface area (Å²) in [7, 11) is 1.60. The monoisotopic (exact) mass is 410 g/mol. The average molecular weight is 410 g/mol. The molecule has 2 fully saturated rings. The standard InChI is InChI=1S/C21H23FN6O2/c1-29-16-6-4-14(5-7-16)19-18(22)20(24-13-23-19)28-10-8-27(9-11-28)12-17-25-26-21(30-17)15-2-3-15/h4-7,13,15H,2-3,8-12H2,1H3. The molecule has 9 heteroatoms. The second-order valence-electron chi connectivity index (χ2n) is 7.66. The minimum atomic E-state index is -0.401. The lowest BCUT2D eigenvalue weighted by atomic mass is 10.1. The summed E-state index contributed by atoms with van der Waals surface area (Å²) in [6.07, 6.45) is 3.70. The Morgan fingerprint density at radius 2 is 1.83 bits per heavy atom. The van der Waals surface area contributed by atoms with E-state index in [1.54, 1.807) is 31.4 Å². The summed E-state index contributed by atoms with van der Waals surface area (Å²) < 4.78 is 26.1. The van der Waals surface area contributed by atoms with Crippen molar-refractivity contribution >= 4 is 5.82 Å². The van der Waals surface area contributed by atoms with E-state index in [9.17, 15) is 0 Å². The fourth-order valence-electron chi connectivity index (χ4n) is 3.67. The molecule has 1 saturated heterocycles. The molecule has 2 aromatic heterocycles. The van der Waals surface area contributed by atoms with Crippen molar-refractivity contribution < 1.29 is 13.5 Å². The van der Waals surface area contributed by atoms with Gasteiger partial charge in [0.15, 0.2) is 11.6 Å². The van der Waals surface area contributed by atoms with Crippen LogP contribution in [0.5, 0.6) is 5.75 Å². The van der Waals surface area contributed by atoms with E-state index in [0.717, 1.165) is 37.6 Å². The van der Waals surface area contributed by atoms with Crippen molar-refractivity contribution in [2.24, 2.45) is 0 Å². The van der Waals surface area contributed by atoms with Crippen LogP contribution < -0.4 is 9.64 Å². The largest absolute Gasteiger partial charge is 0.497 e. The van der Waals surface area contributed by atoms with E-state index in [1.807, 2.05) is 4.90 Å². The molecule has 0 amide bonds. The number of piperazine rings is 1. The topological polar surface area (TPSA) is 80.4 Å². The fraction of sp³-hybridized carbons (Fsp3) is 0.429. The maximum absolute atomic E-state index is 15.2. The lowest BCUT2D eigenvalue weighted by Crippen LogP contribution is -2.46. The normalized spacial score (nSPS) is 17.3. The molecule has 2 aliphatic rings. The smallest absolute Gasteiger partial charge is 0.230 e. The Morgan fingerprint density at radius 3 is 2.53 bits per heavy atom. The second-order valence-corrected chi connectivity index (χ2v) is 7.66. The van der Waals surface area contributed by atoms with E-state index < -0.39 is 5.82 Å². The van der Waals surface area contributed by atoms with Gasteiger partial charge >= 0.3 is 0 Å². The maximum atomic E-state index is 15.2. The number of methoxy groups -OCH3 is 1. The van der Waals surface area contributed by atoms with Crippen LogP contribution in [0, 0.1) is 5.82 Å². The van der Waals surface area contributed by atoms with E-state index in [2.05, 4.69) is 25.1 Å². The highest BCUT2D eigenvalue weighted by Crippen LogP contribution is 2.39. The third-order valence-electron chi connectivity index (χ3n) is 5.57. The Hall–Kier alpha value is -3.07. The van der Waals surface area contributed by atoms with Gasteiger partial charge in [-0.3, -0.25) is 4.90 Å². The molecule has 1 saturated carbocycles. The molecule has 30 heavy (non-hydrogen) atoms. The number of benzene rings is 1. The molecule has 1 aromatic carbocycles. The molecule has 0 bridgehead atoms. The third kappa shape index (κ3) is 3.85. The van der Waals surface area contributed by atoms with Gasteiger partial charge in [-0.05, 0) is 37.1 Å². The first kappa shape index (κ1) is 18.9. The number of nitrogens with zero attached hydrogens (tertiary/aromatic N) is 6. The molecule has 5 rings (SSSR count). The number of ether oxygens (including phenoxy) is 1. The highest BCUT2D eigenvalue weighted by Gasteiger charge is 2.30. The highest BCUT2D eigenvalue weighted by molar-refractivity contribution is 5.64. The molecule has 0 atom stereocenters. The summed E-state index contributed by atoms with van der Waals surface area (Å²) in [5.74, 6) is 2.53. The number of hydrogen-bond donors (Lipinski definition) is 0. The third-order valence-corrected chi connectivity index (χ3v) is 5.57. The van der Waals surface area contributed by atoms with Crippen LogP contribution in [0.4, 0.5) is 10.2 Å². The summed E-state index contributed by atoms with van der Waals surface area (Å²) in [4.78, 5) is 12.6. The summed E-state index contributed by atoms with van der Waals surface area (Å²) in [6.45, 7) is 3.49. The van der Waals surface area contributed by atoms with Crippen molar-refractivity contribution in [3.05, 3.63) is 48.2 Å². The minimum Gasteiger partial charge on any atom is -0.497 e. The van der Waals surface area contributed by atoms with Crippen LogP contribution in [0.1, 0.15) is 30.5 Å². The summed E-state index contributed by atoms with van der Waals surface area (Å²) >= 11 is 0. The van der Waals surface area contributed by atoms with Gasteiger partial charge in [0.05, 0.1) is 13.7 Å². The summed E-state index contributed by atoms with van der Waals surface area (Å²) in [6, 6.07) is 7.18. The Kier molecular flexibility index (Phi) is 5.04. The van der Waals surface area contributed by atoms with Gasteiger partial charge in [0.25, 0.3) is 0 Å². The first-order chi connectivity index (χ1) is 14.7. The lowest BCUT2D eigenvalue weighted by molar-refractivity contribution is 0.223. The van der Waals surface area contributed by atoms with Gasteiger partial charge in [-0.2, -0.15) is 0 Å². The molecular formula is C21H23FN6O2. The van der Waals surface area contributed by atoms with Gasteiger partial charge in [0, 0.05) is 37.7 Å². The van der Waals surface area contributed by atoms with Gasteiger partial charge in [-0.15, -0.1) is 10.2 Å². The van der Waals surface area contributed by atoms with E-state index in [4.69, 9.17) is 9.15 Å². The van der Waals surface area contributed by atoms with Crippen molar-refractivity contribution in [2.45, 2.75) is 25.3 Å². The molecule has 1 aliphatic carbocycles. The second kappa shape index (κ2) is 7.98. The van der Waals surface area contributed by atoms with Gasteiger partial charge in [-0.25, -0.2) is 14.4 Å². The van der Waals surface area contributed by atoms with E-state index >= 15 is 4.39 Å². The van der Waals surface area contributed by atoms with Crippen molar-refractivity contribution in [3.8, 4) is 17.0 Å². The zero-order chi connectivity index (χ0) is 20.5. The van der Waals surface area contributed by atoms with Crippen LogP contribution >= 0.6 is 0 Å². The SMILES string of the molecule is COc1ccc(-c2ncnc(N3CCN(Cc4nnc(C5CC5)o4)CC3)c2F)cc1. The molecule has 156 valence electrons. The number of hydrogen-bond acceptors (Lipinski definition) is 8. The molecule has 8 nitrogen and oxygen atoms in total. The van der Waals surface area contributed by atoms with Crippen molar-refractivity contribution in [1.29, 1.82) is 0 Å². The molecule has 3 aromatic rings. The summed E-state index contributed by atoms with van der Waals surface area (Å²) in [5, 5.41) is 8.30. The predicted octanol–water partition coefficient (Wildman–Crippen LogP) is 2.87. The number of halogens is 1. The first-order valence-corrected chi connectivity index (χ1v) is 10.2. The van der Waals surface area contributed by atoms with Crippen molar-refractivity contribution in [1.82, 2.24) is 25.1 Å². The van der Waals surface area contributed by atoms with Gasteiger partial charge in [-0.1, -0.05) is 0 Å². The van der Waals surface area contributed by atoms with Gasteiger partial charge in [0.1, 0.15) is 17.8 Å². The quantitative estimate of drug-likeness (QED) is 0.614. The van der Waals surface area contributed by atoms with Crippen LogP contribution in [0.3, 0.4) is 0 Å². The lowest BCUT2D eigenvalue weighted by Gasteiger charge is -2.34. The van der Waals surface area contributed by atoms with Crippen LogP contribution in [0.15, 0.2) is 35.0 Å². The maximum Gasteiger partial charge on any atom is 0.230 e. The van der Waals surface area contributed by atoms with Crippen LogP contribution in [-0.2, 0) is 6.54 Å². The number of rotatable bonds is 6. The Morgan fingerprint density at radius 1 is 1.07 bits per heavy atom. The number of aromatic nitrogens is 4. The molecule has 0 unspecified atom stereocenters. The average Bonchev–Trinajstić information content (AvgIpc) is 3.54. The van der Waals surface area contributed by atoms with Crippen molar-refractivity contribution in [2.75, 3.05) is 38.2 Å². The first-order valence-electron chi connectivity index (χ1n) is 10.2. The molecule has 0 spiro atoms. The van der Waals surface area contributed by atoms with E-state index in [0.29, 0.717) is 48.5 Å². The predicted molar refractivity (Wildman–Crippen MR) is 108 cm³/mol. The molecule has 3 heterocycles. The molecular weight excluding hydrogens is 387 g/mol. The van der Waals surface area contributed by atoms with Crippen molar-refractivity contribution in [3.63, 3.8) is 0 Å². The highest BCUT2D eigenvalue weighted by atomic mass is 19.1. The molecule has 0 radical (unpaired) electrons.